The van der Waals surface area contributed by atoms with Gasteiger partial charge in [0, 0.05) is 18.3 Å². The molecule has 0 saturated carbocycles. The van der Waals surface area contributed by atoms with Gasteiger partial charge in [-0.05, 0) is 75.2 Å². The Kier molecular flexibility index (Phi) is 7.33. The largest absolute Gasteiger partial charge is 0.489 e. The van der Waals surface area contributed by atoms with Gasteiger partial charge >= 0.3 is 0 Å². The summed E-state index contributed by atoms with van der Waals surface area (Å²) in [5, 5.41) is 3.11. The normalized spacial score (nSPS) is 16.4. The van der Waals surface area contributed by atoms with Gasteiger partial charge in [0.15, 0.2) is 0 Å². The average Bonchev–Trinajstić information content (AvgIpc) is 3.27. The number of carbonyl (C=O) groups excluding carboxylic acids is 1. The van der Waals surface area contributed by atoms with Gasteiger partial charge < -0.3 is 14.6 Å². The first-order valence-electron chi connectivity index (χ1n) is 12.8. The Labute approximate surface area is 212 Å². The summed E-state index contributed by atoms with van der Waals surface area (Å²) in [4.78, 5) is 20.4. The summed E-state index contributed by atoms with van der Waals surface area (Å²) in [6.07, 6.45) is 1.91. The number of nitrogens with one attached hydrogen (secondary N) is 1. The van der Waals surface area contributed by atoms with Crippen molar-refractivity contribution in [3.8, 4) is 5.75 Å². The lowest BCUT2D eigenvalue weighted by atomic mass is 9.97. The standard InChI is InChI=1S/C30H34N4O2/c1-22(2)34-28-13-7-6-12-27(28)32-29(34)20-33-18-8-11-24(19-33)30(35)31-25-14-16-26(17-15-25)36-21-23-9-4-3-5-10-23/h3-7,9-10,12-17,22,24H,8,11,18-21H2,1-2H3,(H,31,35)/t24-/m0/s1. The molecule has 0 unspecified atom stereocenters. The van der Waals surface area contributed by atoms with Crippen molar-refractivity contribution in [2.24, 2.45) is 5.92 Å². The first-order valence-corrected chi connectivity index (χ1v) is 12.8. The number of anilines is 1. The quantitative estimate of drug-likeness (QED) is 0.332. The third-order valence-electron chi connectivity index (χ3n) is 6.80. The Bertz CT molecular complexity index is 1300. The van der Waals surface area contributed by atoms with E-state index in [1.165, 1.54) is 5.52 Å². The highest BCUT2D eigenvalue weighted by molar-refractivity contribution is 5.92. The Morgan fingerprint density at radius 3 is 2.56 bits per heavy atom. The predicted molar refractivity (Wildman–Crippen MR) is 144 cm³/mol. The summed E-state index contributed by atoms with van der Waals surface area (Å²) < 4.78 is 8.18. The molecule has 1 atom stereocenters. The van der Waals surface area contributed by atoms with Crippen LogP contribution in [0.15, 0.2) is 78.9 Å². The van der Waals surface area contributed by atoms with Gasteiger partial charge in [0.25, 0.3) is 0 Å². The SMILES string of the molecule is CC(C)n1c(CN2CCC[C@H](C(=O)Nc3ccc(OCc4ccccc4)cc3)C2)nc2ccccc21. The summed E-state index contributed by atoms with van der Waals surface area (Å²) in [6, 6.07) is 26.3. The fourth-order valence-electron chi connectivity index (χ4n) is 5.01. The molecule has 0 bridgehead atoms. The third-order valence-corrected chi connectivity index (χ3v) is 6.80. The van der Waals surface area contributed by atoms with Gasteiger partial charge in [-0.3, -0.25) is 9.69 Å². The van der Waals surface area contributed by atoms with Crippen LogP contribution in [0.5, 0.6) is 5.75 Å². The van der Waals surface area contributed by atoms with Gasteiger partial charge in [0.1, 0.15) is 18.2 Å². The van der Waals surface area contributed by atoms with Crippen LogP contribution in [0.3, 0.4) is 0 Å². The number of ether oxygens (including phenoxy) is 1. The molecule has 1 aliphatic heterocycles. The molecule has 4 aromatic rings. The molecule has 1 N–H and O–H groups in total. The second kappa shape index (κ2) is 11.0. The van der Waals surface area contributed by atoms with E-state index >= 15 is 0 Å². The second-order valence-corrected chi connectivity index (χ2v) is 9.84. The van der Waals surface area contributed by atoms with Gasteiger partial charge in [0.05, 0.1) is 23.5 Å². The fraction of sp³-hybridized carbons (Fsp3) is 0.333. The van der Waals surface area contributed by atoms with Crippen molar-refractivity contribution in [1.82, 2.24) is 14.5 Å². The Morgan fingerprint density at radius 1 is 1.03 bits per heavy atom. The Hall–Kier alpha value is -3.64. The van der Waals surface area contributed by atoms with E-state index in [2.05, 4.69) is 46.8 Å². The number of hydrogen-bond donors (Lipinski definition) is 1. The molecule has 1 amide bonds. The molecule has 1 aliphatic rings. The molecule has 0 spiro atoms. The minimum absolute atomic E-state index is 0.0374. The highest BCUT2D eigenvalue weighted by Crippen LogP contribution is 2.25. The van der Waals surface area contributed by atoms with Gasteiger partial charge in [0.2, 0.25) is 5.91 Å². The molecule has 1 saturated heterocycles. The lowest BCUT2D eigenvalue weighted by molar-refractivity contribution is -0.121. The Morgan fingerprint density at radius 2 is 1.78 bits per heavy atom. The number of nitrogens with zero attached hydrogens (tertiary/aromatic N) is 3. The number of piperidine rings is 1. The molecule has 2 heterocycles. The second-order valence-electron chi connectivity index (χ2n) is 9.84. The summed E-state index contributed by atoms with van der Waals surface area (Å²) in [5.41, 5.74) is 4.13. The summed E-state index contributed by atoms with van der Waals surface area (Å²) in [7, 11) is 0. The molecule has 186 valence electrons. The highest BCUT2D eigenvalue weighted by Gasteiger charge is 2.27. The van der Waals surface area contributed by atoms with E-state index in [0.29, 0.717) is 12.6 Å². The van der Waals surface area contributed by atoms with Crippen molar-refractivity contribution in [1.29, 1.82) is 0 Å². The first kappa shape index (κ1) is 24.1. The lowest BCUT2D eigenvalue weighted by Gasteiger charge is -2.32. The molecular weight excluding hydrogens is 448 g/mol. The summed E-state index contributed by atoms with van der Waals surface area (Å²) in [6.45, 7) is 7.40. The number of imidazole rings is 1. The van der Waals surface area contributed by atoms with Gasteiger partial charge in [-0.2, -0.15) is 0 Å². The number of fused-ring (bicyclic) bond motifs is 1. The van der Waals surface area contributed by atoms with Crippen molar-refractivity contribution in [2.45, 2.75) is 45.9 Å². The number of para-hydroxylation sites is 2. The predicted octanol–water partition coefficient (Wildman–Crippen LogP) is 6.05. The fourth-order valence-corrected chi connectivity index (χ4v) is 5.01. The first-order chi connectivity index (χ1) is 17.6. The lowest BCUT2D eigenvalue weighted by Crippen LogP contribution is -2.40. The molecule has 0 radical (unpaired) electrons. The Balaban J connectivity index is 1.18. The number of amides is 1. The van der Waals surface area contributed by atoms with Gasteiger partial charge in [-0.1, -0.05) is 42.5 Å². The molecule has 1 aromatic heterocycles. The molecule has 6 heteroatoms. The van der Waals surface area contributed by atoms with E-state index < -0.39 is 0 Å². The van der Waals surface area contributed by atoms with Crippen LogP contribution in [0.25, 0.3) is 11.0 Å². The minimum Gasteiger partial charge on any atom is -0.489 e. The van der Waals surface area contributed by atoms with Crippen LogP contribution >= 0.6 is 0 Å². The van der Waals surface area contributed by atoms with E-state index in [0.717, 1.165) is 60.8 Å². The molecule has 0 aliphatic carbocycles. The van der Waals surface area contributed by atoms with E-state index in [1.54, 1.807) is 0 Å². The third kappa shape index (κ3) is 5.60. The molecule has 6 nitrogen and oxygen atoms in total. The van der Waals surface area contributed by atoms with Crippen LogP contribution < -0.4 is 10.1 Å². The van der Waals surface area contributed by atoms with Crippen molar-refractivity contribution in [3.63, 3.8) is 0 Å². The maximum atomic E-state index is 13.1. The van der Waals surface area contributed by atoms with Gasteiger partial charge in [-0.25, -0.2) is 4.98 Å². The topological polar surface area (TPSA) is 59.4 Å². The van der Waals surface area contributed by atoms with Crippen molar-refractivity contribution in [2.75, 3.05) is 18.4 Å². The van der Waals surface area contributed by atoms with Crippen molar-refractivity contribution >= 4 is 22.6 Å². The van der Waals surface area contributed by atoms with Crippen LogP contribution in [-0.2, 0) is 17.9 Å². The molecular formula is C30H34N4O2. The molecule has 36 heavy (non-hydrogen) atoms. The zero-order chi connectivity index (χ0) is 24.9. The van der Waals surface area contributed by atoms with Crippen LogP contribution in [0.2, 0.25) is 0 Å². The zero-order valence-corrected chi connectivity index (χ0v) is 21.1. The van der Waals surface area contributed by atoms with Gasteiger partial charge in [-0.15, -0.1) is 0 Å². The van der Waals surface area contributed by atoms with Crippen LogP contribution in [0.4, 0.5) is 5.69 Å². The number of rotatable bonds is 8. The smallest absolute Gasteiger partial charge is 0.228 e. The molecule has 3 aromatic carbocycles. The maximum Gasteiger partial charge on any atom is 0.228 e. The highest BCUT2D eigenvalue weighted by atomic mass is 16.5. The summed E-state index contributed by atoms with van der Waals surface area (Å²) in [5.74, 6) is 1.90. The van der Waals surface area contributed by atoms with Crippen molar-refractivity contribution in [3.05, 3.63) is 90.3 Å². The van der Waals surface area contributed by atoms with Crippen LogP contribution in [0, 0.1) is 5.92 Å². The monoisotopic (exact) mass is 482 g/mol. The number of likely N-dealkylation sites (tertiary alicyclic amines) is 1. The zero-order valence-electron chi connectivity index (χ0n) is 21.1. The van der Waals surface area contributed by atoms with Crippen LogP contribution in [-0.4, -0.2) is 33.4 Å². The number of aromatic nitrogens is 2. The number of benzene rings is 3. The minimum atomic E-state index is -0.0374. The number of hydrogen-bond acceptors (Lipinski definition) is 4. The maximum absolute atomic E-state index is 13.1. The van der Waals surface area contributed by atoms with E-state index in [-0.39, 0.29) is 11.8 Å². The molecule has 1 fully saturated rings. The van der Waals surface area contributed by atoms with E-state index in [1.807, 2.05) is 60.7 Å². The average molecular weight is 483 g/mol. The van der Waals surface area contributed by atoms with E-state index in [9.17, 15) is 4.79 Å². The van der Waals surface area contributed by atoms with Crippen molar-refractivity contribution < 1.29 is 9.53 Å². The number of carbonyl (C=O) groups is 1. The summed E-state index contributed by atoms with van der Waals surface area (Å²) >= 11 is 0. The van der Waals surface area contributed by atoms with Crippen LogP contribution in [0.1, 0.15) is 44.1 Å². The molecule has 5 rings (SSSR count). The van der Waals surface area contributed by atoms with E-state index in [4.69, 9.17) is 9.72 Å².